The van der Waals surface area contributed by atoms with E-state index in [1.807, 2.05) is 24.3 Å². The van der Waals surface area contributed by atoms with Crippen LogP contribution in [0.4, 0.5) is 46.8 Å². The smallest absolute Gasteiger partial charge is 0.407 e. The predicted octanol–water partition coefficient (Wildman–Crippen LogP) is 8.33. The van der Waals surface area contributed by atoms with Gasteiger partial charge in [0, 0.05) is 35.1 Å². The first-order valence-corrected chi connectivity index (χ1v) is 21.0. The Morgan fingerprint density at radius 3 is 1.70 bits per heavy atom. The summed E-state index contributed by atoms with van der Waals surface area (Å²) in [6.45, 7) is 2.54. The number of nitrogens with two attached hydrogens (primary N) is 2. The number of nitrogen functional groups attached to an aromatic ring is 2. The number of halogens is 2. The first-order chi connectivity index (χ1) is 29.5. The molecule has 61 heavy (non-hydrogen) atoms. The minimum Gasteiger partial charge on any atom is -0.492 e. The summed E-state index contributed by atoms with van der Waals surface area (Å²) in [6.07, 6.45) is 3.03. The van der Waals surface area contributed by atoms with Gasteiger partial charge < -0.3 is 46.9 Å². The molecule has 0 saturated carbocycles. The molecular formula is C43H42F2N8O6S2. The molecule has 6 aromatic rings. The molecule has 4 aromatic carbocycles. The van der Waals surface area contributed by atoms with E-state index in [1.54, 1.807) is 30.3 Å². The summed E-state index contributed by atoms with van der Waals surface area (Å²) in [5, 5.41) is 19.7. The van der Waals surface area contributed by atoms with Gasteiger partial charge in [-0.2, -0.15) is 0 Å². The highest BCUT2D eigenvalue weighted by atomic mass is 32.1. The number of amides is 1. The van der Waals surface area contributed by atoms with E-state index in [-0.39, 0.29) is 44.3 Å². The van der Waals surface area contributed by atoms with Gasteiger partial charge in [0.2, 0.25) is 11.6 Å². The normalized spacial score (nSPS) is 15.7. The third-order valence-corrected chi connectivity index (χ3v) is 11.8. The van der Waals surface area contributed by atoms with Crippen LogP contribution in [0.5, 0.6) is 11.5 Å². The number of aromatic nitrogens is 2. The summed E-state index contributed by atoms with van der Waals surface area (Å²) in [5.41, 5.74) is 13.8. The molecule has 2 saturated heterocycles. The number of ether oxygens (including phenoxy) is 2. The molecule has 0 aliphatic carbocycles. The predicted molar refractivity (Wildman–Crippen MR) is 232 cm³/mol. The average Bonchev–Trinajstić information content (AvgIpc) is 4.09. The van der Waals surface area contributed by atoms with Crippen LogP contribution < -0.4 is 36.9 Å². The van der Waals surface area contributed by atoms with E-state index in [9.17, 15) is 28.3 Å². The van der Waals surface area contributed by atoms with Crippen molar-refractivity contribution in [3.05, 3.63) is 130 Å². The molecule has 0 radical (unpaired) electrons. The van der Waals surface area contributed by atoms with E-state index >= 15 is 0 Å². The maximum absolute atomic E-state index is 13.4. The minimum atomic E-state index is -0.923. The maximum atomic E-state index is 13.4. The van der Waals surface area contributed by atoms with Gasteiger partial charge in [0.25, 0.3) is 0 Å². The fourth-order valence-corrected chi connectivity index (χ4v) is 8.42. The van der Waals surface area contributed by atoms with Crippen molar-refractivity contribution >= 4 is 73.6 Å². The Morgan fingerprint density at radius 2 is 1.25 bits per heavy atom. The molecule has 4 heterocycles. The van der Waals surface area contributed by atoms with Gasteiger partial charge in [0.05, 0.1) is 6.04 Å². The second-order valence-corrected chi connectivity index (χ2v) is 16.1. The fraction of sp³-hybridized carbons (Fsp3) is 0.233. The molecule has 0 spiro atoms. The molecular weight excluding hydrogens is 827 g/mol. The van der Waals surface area contributed by atoms with E-state index in [0.29, 0.717) is 47.5 Å². The molecule has 2 aliphatic rings. The zero-order valence-corrected chi connectivity index (χ0v) is 34.2. The van der Waals surface area contributed by atoms with Gasteiger partial charge in [0.1, 0.15) is 57.7 Å². The standard InChI is InChI=1S/C22H21FN4O4S.C21H21FN4O2S/c23-14-4-1-3-13(11-14)18(28)19-20(24)26-21(32-19)25-15-6-8-17(9-7-15)31-12-16-5-2-10-27(16)22(29)30;22-14-4-1-3-13(11-14)18(27)19-20(23)26-21(29-19)25-15-6-8-17(9-7-15)28-12-16-5-2-10-24-16/h1,3-4,6-9,11,16H,2,5,10,12,24H2,(H,25,26)(H,29,30);1,3-4,6-9,11,16,24H,2,5,10,12,23H2,(H,25,26)/t16-;/m0./s1. The molecule has 2 aliphatic heterocycles. The van der Waals surface area contributed by atoms with Crippen molar-refractivity contribution in [1.82, 2.24) is 20.2 Å². The first kappa shape index (κ1) is 42.5. The Morgan fingerprint density at radius 1 is 0.738 bits per heavy atom. The lowest BCUT2D eigenvalue weighted by Crippen LogP contribution is -2.37. The number of hydrogen-bond acceptors (Lipinski definition) is 14. The number of likely N-dealkylation sites (tertiary alicyclic amines) is 1. The van der Waals surface area contributed by atoms with Gasteiger partial charge >= 0.3 is 6.09 Å². The highest BCUT2D eigenvalue weighted by Gasteiger charge is 2.29. The monoisotopic (exact) mass is 868 g/mol. The third-order valence-electron chi connectivity index (χ3n) is 9.78. The maximum Gasteiger partial charge on any atom is 0.407 e. The number of anilines is 6. The van der Waals surface area contributed by atoms with Crippen LogP contribution in [0.25, 0.3) is 0 Å². The van der Waals surface area contributed by atoms with Gasteiger partial charge in [-0.1, -0.05) is 46.9 Å². The van der Waals surface area contributed by atoms with Crippen molar-refractivity contribution in [2.75, 3.05) is 48.4 Å². The molecule has 0 bridgehead atoms. The van der Waals surface area contributed by atoms with E-state index in [0.717, 1.165) is 66.0 Å². The molecule has 2 aromatic heterocycles. The fourth-order valence-electron chi connectivity index (χ4n) is 6.68. The van der Waals surface area contributed by atoms with Crippen LogP contribution in [0.15, 0.2) is 97.1 Å². The van der Waals surface area contributed by atoms with Gasteiger partial charge in [-0.05, 0) is 105 Å². The summed E-state index contributed by atoms with van der Waals surface area (Å²) in [4.78, 5) is 46.7. The molecule has 316 valence electrons. The van der Waals surface area contributed by atoms with Crippen LogP contribution in [0.1, 0.15) is 56.2 Å². The quantitative estimate of drug-likeness (QED) is 0.0570. The Balaban J connectivity index is 0.000000185. The third kappa shape index (κ3) is 11.2. The van der Waals surface area contributed by atoms with Crippen molar-refractivity contribution in [3.63, 3.8) is 0 Å². The zero-order valence-electron chi connectivity index (χ0n) is 32.6. The molecule has 2 atom stereocenters. The van der Waals surface area contributed by atoms with E-state index in [2.05, 4.69) is 25.9 Å². The molecule has 8 rings (SSSR count). The number of benzene rings is 4. The summed E-state index contributed by atoms with van der Waals surface area (Å²) >= 11 is 2.22. The van der Waals surface area contributed by atoms with Crippen LogP contribution in [-0.2, 0) is 0 Å². The van der Waals surface area contributed by atoms with Crippen LogP contribution in [-0.4, -0.2) is 76.0 Å². The number of carboxylic acid groups (broad SMARTS) is 1. The second-order valence-electron chi connectivity index (χ2n) is 14.1. The summed E-state index contributed by atoms with van der Waals surface area (Å²) < 4.78 is 38.4. The number of ketones is 2. The molecule has 14 nitrogen and oxygen atoms in total. The van der Waals surface area contributed by atoms with Crippen molar-refractivity contribution in [3.8, 4) is 11.5 Å². The van der Waals surface area contributed by atoms with Gasteiger partial charge in [-0.25, -0.2) is 23.5 Å². The van der Waals surface area contributed by atoms with Crippen LogP contribution >= 0.6 is 22.7 Å². The Bertz CT molecular complexity index is 2480. The van der Waals surface area contributed by atoms with Gasteiger partial charge in [0.15, 0.2) is 10.3 Å². The molecule has 1 amide bonds. The SMILES string of the molecule is Nc1nc(Nc2ccc(OCC3CCCN3)cc2)sc1C(=O)c1cccc(F)c1.Nc1nc(Nc2ccc(OC[C@@H]3CCCN3C(=O)O)cc2)sc1C(=O)c1cccc(F)c1. The summed E-state index contributed by atoms with van der Waals surface area (Å²) in [5.74, 6) is -0.0951. The average molecular weight is 869 g/mol. The Kier molecular flexibility index (Phi) is 13.7. The second kappa shape index (κ2) is 19.6. The molecule has 18 heteroatoms. The summed E-state index contributed by atoms with van der Waals surface area (Å²) in [7, 11) is 0. The first-order valence-electron chi connectivity index (χ1n) is 19.3. The number of rotatable bonds is 14. The van der Waals surface area contributed by atoms with Crippen molar-refractivity contribution in [1.29, 1.82) is 0 Å². The topological polar surface area (TPSA) is 207 Å². The van der Waals surface area contributed by atoms with Gasteiger partial charge in [-0.3, -0.25) is 9.59 Å². The number of carbonyl (C=O) groups excluding carboxylic acids is 2. The van der Waals surface area contributed by atoms with Crippen molar-refractivity contribution in [2.45, 2.75) is 37.8 Å². The molecule has 8 N–H and O–H groups in total. The van der Waals surface area contributed by atoms with Crippen LogP contribution in [0, 0.1) is 11.6 Å². The lowest BCUT2D eigenvalue weighted by molar-refractivity contribution is 0.103. The zero-order chi connectivity index (χ0) is 42.9. The lowest BCUT2D eigenvalue weighted by Gasteiger charge is -2.21. The number of hydrogen-bond donors (Lipinski definition) is 6. The van der Waals surface area contributed by atoms with E-state index < -0.39 is 23.5 Å². The summed E-state index contributed by atoms with van der Waals surface area (Å²) in [6, 6.07) is 25.8. The number of nitrogens with one attached hydrogen (secondary N) is 3. The van der Waals surface area contributed by atoms with Gasteiger partial charge in [-0.15, -0.1) is 0 Å². The van der Waals surface area contributed by atoms with Crippen molar-refractivity contribution < 1.29 is 37.7 Å². The Hall–Kier alpha value is -6.63. The highest BCUT2D eigenvalue weighted by molar-refractivity contribution is 7.18. The Labute approximate surface area is 357 Å². The van der Waals surface area contributed by atoms with Crippen LogP contribution in [0.2, 0.25) is 0 Å². The number of nitrogens with zero attached hydrogens (tertiary/aromatic N) is 3. The van der Waals surface area contributed by atoms with Crippen molar-refractivity contribution in [2.24, 2.45) is 0 Å². The highest BCUT2D eigenvalue weighted by Crippen LogP contribution is 2.32. The van der Waals surface area contributed by atoms with E-state index in [1.165, 1.54) is 47.7 Å². The lowest BCUT2D eigenvalue weighted by atomic mass is 10.1. The van der Waals surface area contributed by atoms with E-state index in [4.69, 9.17) is 20.9 Å². The molecule has 1 unspecified atom stereocenters. The minimum absolute atomic E-state index is 0.0752. The number of thiazole rings is 2. The largest absolute Gasteiger partial charge is 0.492 e. The number of carbonyl (C=O) groups is 3. The van der Waals surface area contributed by atoms with Crippen LogP contribution in [0.3, 0.4) is 0 Å². The molecule has 2 fully saturated rings.